The first kappa shape index (κ1) is 9.12. The van der Waals surface area contributed by atoms with Gasteiger partial charge < -0.3 is 5.11 Å². The highest BCUT2D eigenvalue weighted by molar-refractivity contribution is 7.76. The maximum absolute atomic E-state index is 10.5. The van der Waals surface area contributed by atoms with E-state index in [1.165, 1.54) is 4.31 Å². The summed E-state index contributed by atoms with van der Waals surface area (Å²) in [5, 5.41) is 8.76. The van der Waals surface area contributed by atoms with Gasteiger partial charge in [-0.25, -0.2) is 8.51 Å². The fourth-order valence-corrected chi connectivity index (χ4v) is 1.77. The number of piperidine rings is 1. The Balaban J connectivity index is 2.30. The average molecular weight is 179 g/mol. The largest absolute Gasteiger partial charge is 0.396 e. The Morgan fingerprint density at radius 1 is 1.45 bits per heavy atom. The Morgan fingerprint density at radius 3 is 2.36 bits per heavy atom. The van der Waals surface area contributed by atoms with Gasteiger partial charge in [-0.05, 0) is 18.8 Å². The first-order valence-corrected chi connectivity index (χ1v) is 4.77. The Morgan fingerprint density at radius 2 is 2.00 bits per heavy atom. The van der Waals surface area contributed by atoms with Crippen molar-refractivity contribution in [1.82, 2.24) is 4.31 Å². The molecule has 4 nitrogen and oxygen atoms in total. The normalized spacial score (nSPS) is 25.3. The van der Waals surface area contributed by atoms with E-state index >= 15 is 0 Å². The molecule has 5 heteroatoms. The van der Waals surface area contributed by atoms with E-state index in [9.17, 15) is 4.21 Å². The first-order chi connectivity index (χ1) is 5.24. The second kappa shape index (κ2) is 4.15. The molecule has 1 saturated heterocycles. The van der Waals surface area contributed by atoms with Crippen molar-refractivity contribution < 1.29 is 13.9 Å². The van der Waals surface area contributed by atoms with Crippen molar-refractivity contribution in [3.05, 3.63) is 0 Å². The van der Waals surface area contributed by atoms with Gasteiger partial charge in [-0.1, -0.05) is 0 Å². The third-order valence-corrected chi connectivity index (χ3v) is 2.86. The standard InChI is InChI=1S/C6H13NO3S/c8-5-6-1-3-7(4-2-6)11(9)10/h6,8H,1-5H2,(H,9,10). The molecule has 0 saturated carbocycles. The topological polar surface area (TPSA) is 60.8 Å². The van der Waals surface area contributed by atoms with Crippen LogP contribution in [0.2, 0.25) is 0 Å². The zero-order chi connectivity index (χ0) is 8.27. The van der Waals surface area contributed by atoms with Crippen molar-refractivity contribution in [3.8, 4) is 0 Å². The molecule has 0 bridgehead atoms. The van der Waals surface area contributed by atoms with Gasteiger partial charge in [0.2, 0.25) is 11.3 Å². The third-order valence-electron chi connectivity index (χ3n) is 2.05. The van der Waals surface area contributed by atoms with Crippen LogP contribution in [0.1, 0.15) is 12.8 Å². The quantitative estimate of drug-likeness (QED) is 0.578. The van der Waals surface area contributed by atoms with Crippen LogP contribution >= 0.6 is 0 Å². The van der Waals surface area contributed by atoms with E-state index < -0.39 is 11.3 Å². The van der Waals surface area contributed by atoms with Crippen molar-refractivity contribution in [2.75, 3.05) is 19.7 Å². The van der Waals surface area contributed by atoms with Gasteiger partial charge in [-0.2, -0.15) is 0 Å². The molecule has 1 rings (SSSR count). The van der Waals surface area contributed by atoms with E-state index in [4.69, 9.17) is 9.66 Å². The molecule has 0 aromatic heterocycles. The van der Waals surface area contributed by atoms with Gasteiger partial charge in [0.25, 0.3) is 0 Å². The van der Waals surface area contributed by atoms with Crippen LogP contribution in [0.3, 0.4) is 0 Å². The van der Waals surface area contributed by atoms with Crippen molar-refractivity contribution in [2.24, 2.45) is 5.92 Å². The molecule has 0 amide bonds. The summed E-state index contributed by atoms with van der Waals surface area (Å²) >= 11 is -1.82. The maximum atomic E-state index is 10.5. The van der Waals surface area contributed by atoms with E-state index in [-0.39, 0.29) is 6.61 Å². The highest BCUT2D eigenvalue weighted by atomic mass is 32.2. The molecule has 1 unspecified atom stereocenters. The van der Waals surface area contributed by atoms with Gasteiger partial charge in [0.1, 0.15) is 0 Å². The second-order valence-electron chi connectivity index (χ2n) is 2.79. The molecule has 1 heterocycles. The summed E-state index contributed by atoms with van der Waals surface area (Å²) in [7, 11) is 0. The highest BCUT2D eigenvalue weighted by Crippen LogP contribution is 2.16. The minimum Gasteiger partial charge on any atom is -0.396 e. The summed E-state index contributed by atoms with van der Waals surface area (Å²) < 4.78 is 20.7. The van der Waals surface area contributed by atoms with Gasteiger partial charge in [0.15, 0.2) is 0 Å². The minimum atomic E-state index is -1.82. The molecular formula is C6H13NO3S. The summed E-state index contributed by atoms with van der Waals surface area (Å²) in [4.78, 5) is 0. The molecule has 2 N–H and O–H groups in total. The summed E-state index contributed by atoms with van der Waals surface area (Å²) in [6.07, 6.45) is 1.64. The zero-order valence-corrected chi connectivity index (χ0v) is 7.09. The molecule has 1 aliphatic rings. The predicted molar refractivity (Wildman–Crippen MR) is 42.2 cm³/mol. The Bertz CT molecular complexity index is 145. The van der Waals surface area contributed by atoms with Crippen LogP contribution in [0.25, 0.3) is 0 Å². The van der Waals surface area contributed by atoms with Gasteiger partial charge in [-0.3, -0.25) is 4.55 Å². The molecule has 0 spiro atoms. The number of nitrogens with zero attached hydrogens (tertiary/aromatic N) is 1. The molecule has 0 radical (unpaired) electrons. The van der Waals surface area contributed by atoms with Crippen LogP contribution in [-0.2, 0) is 11.3 Å². The Labute approximate surface area is 68.6 Å². The van der Waals surface area contributed by atoms with Gasteiger partial charge in [0, 0.05) is 19.7 Å². The molecule has 66 valence electrons. The smallest absolute Gasteiger partial charge is 0.234 e. The van der Waals surface area contributed by atoms with E-state index in [0.717, 1.165) is 12.8 Å². The van der Waals surface area contributed by atoms with Gasteiger partial charge >= 0.3 is 0 Å². The molecule has 0 aromatic rings. The zero-order valence-electron chi connectivity index (χ0n) is 6.27. The lowest BCUT2D eigenvalue weighted by atomic mass is 10.00. The molecular weight excluding hydrogens is 166 g/mol. The fourth-order valence-electron chi connectivity index (χ4n) is 1.25. The monoisotopic (exact) mass is 179 g/mol. The minimum absolute atomic E-state index is 0.200. The summed E-state index contributed by atoms with van der Waals surface area (Å²) in [6, 6.07) is 0. The van der Waals surface area contributed by atoms with E-state index in [0.29, 0.717) is 19.0 Å². The first-order valence-electron chi connectivity index (χ1n) is 3.71. The number of hydrogen-bond donors (Lipinski definition) is 2. The molecule has 1 fully saturated rings. The lowest BCUT2D eigenvalue weighted by Gasteiger charge is -2.27. The predicted octanol–water partition coefficient (Wildman–Crippen LogP) is -0.173. The van der Waals surface area contributed by atoms with Crippen LogP contribution in [0.5, 0.6) is 0 Å². The lowest BCUT2D eigenvalue weighted by Crippen LogP contribution is -2.35. The van der Waals surface area contributed by atoms with Gasteiger partial charge in [-0.15, -0.1) is 0 Å². The maximum Gasteiger partial charge on any atom is 0.234 e. The molecule has 0 aromatic carbocycles. The molecule has 0 aliphatic carbocycles. The van der Waals surface area contributed by atoms with Crippen molar-refractivity contribution >= 4 is 11.3 Å². The van der Waals surface area contributed by atoms with Crippen LogP contribution in [0.15, 0.2) is 0 Å². The molecule has 11 heavy (non-hydrogen) atoms. The van der Waals surface area contributed by atoms with Crippen molar-refractivity contribution in [1.29, 1.82) is 0 Å². The van der Waals surface area contributed by atoms with E-state index in [1.54, 1.807) is 0 Å². The van der Waals surface area contributed by atoms with Gasteiger partial charge in [0.05, 0.1) is 0 Å². The highest BCUT2D eigenvalue weighted by Gasteiger charge is 2.20. The fraction of sp³-hybridized carbons (Fsp3) is 1.00. The van der Waals surface area contributed by atoms with Crippen molar-refractivity contribution in [3.63, 3.8) is 0 Å². The van der Waals surface area contributed by atoms with Crippen molar-refractivity contribution in [2.45, 2.75) is 12.8 Å². The SMILES string of the molecule is O=S(O)N1CCC(CO)CC1. The molecule has 1 aliphatic heterocycles. The Kier molecular flexibility index (Phi) is 3.45. The number of hydrogen-bond acceptors (Lipinski definition) is 2. The number of rotatable bonds is 2. The summed E-state index contributed by atoms with van der Waals surface area (Å²) in [5.74, 6) is 0.329. The average Bonchev–Trinajstić information content (AvgIpc) is 2.05. The van der Waals surface area contributed by atoms with Crippen LogP contribution < -0.4 is 0 Å². The van der Waals surface area contributed by atoms with Crippen LogP contribution in [-0.4, -0.2) is 37.9 Å². The summed E-state index contributed by atoms with van der Waals surface area (Å²) in [6.45, 7) is 1.44. The number of aliphatic hydroxyl groups is 1. The second-order valence-corrected chi connectivity index (χ2v) is 3.76. The lowest BCUT2D eigenvalue weighted by molar-refractivity contribution is 0.169. The van der Waals surface area contributed by atoms with Crippen LogP contribution in [0, 0.1) is 5.92 Å². The van der Waals surface area contributed by atoms with E-state index in [2.05, 4.69) is 0 Å². The van der Waals surface area contributed by atoms with Crippen LogP contribution in [0.4, 0.5) is 0 Å². The Hall–Kier alpha value is 0.0300. The molecule has 1 atom stereocenters. The third kappa shape index (κ3) is 2.52. The van der Waals surface area contributed by atoms with E-state index in [1.807, 2.05) is 0 Å². The number of aliphatic hydroxyl groups excluding tert-OH is 1. The summed E-state index contributed by atoms with van der Waals surface area (Å²) in [5.41, 5.74) is 0.